The highest BCUT2D eigenvalue weighted by Crippen LogP contribution is 2.34. The van der Waals surface area contributed by atoms with Gasteiger partial charge in [0.15, 0.2) is 0 Å². The molecule has 0 saturated carbocycles. The van der Waals surface area contributed by atoms with Crippen LogP contribution in [-0.4, -0.2) is 67.8 Å². The fourth-order valence-corrected chi connectivity index (χ4v) is 3.73. The van der Waals surface area contributed by atoms with Crippen LogP contribution >= 0.6 is 0 Å². The average molecular weight is 443 g/mol. The molecule has 0 bridgehead atoms. The number of amides is 1. The molecule has 2 aromatic rings. The van der Waals surface area contributed by atoms with Crippen molar-refractivity contribution in [1.82, 2.24) is 9.88 Å². The molecule has 0 unspecified atom stereocenters. The summed E-state index contributed by atoms with van der Waals surface area (Å²) in [5.74, 6) is -2.78. The summed E-state index contributed by atoms with van der Waals surface area (Å²) in [6.07, 6.45) is -1.88. The quantitative estimate of drug-likeness (QED) is 0.407. The van der Waals surface area contributed by atoms with Crippen LogP contribution in [-0.2, 0) is 14.3 Å². The molecule has 170 valence electrons. The van der Waals surface area contributed by atoms with E-state index in [0.29, 0.717) is 5.39 Å². The van der Waals surface area contributed by atoms with E-state index in [9.17, 15) is 35.3 Å². The van der Waals surface area contributed by atoms with Crippen molar-refractivity contribution in [2.45, 2.75) is 44.2 Å². The van der Waals surface area contributed by atoms with Crippen molar-refractivity contribution in [2.24, 2.45) is 5.92 Å². The smallest absolute Gasteiger partial charge is 0.370 e. The fraction of sp³-hybridized carbons (Fsp3) is 0.409. The number of aliphatic hydroxyl groups is 3. The van der Waals surface area contributed by atoms with Gasteiger partial charge in [0.05, 0.1) is 18.7 Å². The fourth-order valence-electron chi connectivity index (χ4n) is 3.73. The van der Waals surface area contributed by atoms with Crippen LogP contribution in [0.3, 0.4) is 0 Å². The van der Waals surface area contributed by atoms with E-state index in [1.165, 1.54) is 10.6 Å². The van der Waals surface area contributed by atoms with E-state index in [-0.39, 0.29) is 5.69 Å². The Morgan fingerprint density at radius 1 is 1.28 bits per heavy atom. The van der Waals surface area contributed by atoms with E-state index >= 15 is 0 Å². The summed E-state index contributed by atoms with van der Waals surface area (Å²) in [5, 5.41) is 53.4. The lowest BCUT2D eigenvalue weighted by Crippen LogP contribution is -2.59. The summed E-state index contributed by atoms with van der Waals surface area (Å²) in [7, 11) is 0. The number of hydrogen-bond acceptors (Lipinski definition) is 7. The van der Waals surface area contributed by atoms with Gasteiger partial charge in [-0.25, -0.2) is 4.79 Å². The van der Waals surface area contributed by atoms with Crippen molar-refractivity contribution in [1.29, 1.82) is 5.26 Å². The Hall–Kier alpha value is -3.39. The van der Waals surface area contributed by atoms with Crippen LogP contribution in [0.1, 0.15) is 25.6 Å². The molecule has 5 atom stereocenters. The van der Waals surface area contributed by atoms with E-state index in [1.54, 1.807) is 44.3 Å². The van der Waals surface area contributed by atoms with Gasteiger partial charge in [0.1, 0.15) is 30.1 Å². The second-order valence-electron chi connectivity index (χ2n) is 7.92. The van der Waals surface area contributed by atoms with Gasteiger partial charge in [0, 0.05) is 22.9 Å². The largest absolute Gasteiger partial charge is 0.478 e. The summed E-state index contributed by atoms with van der Waals surface area (Å²) >= 11 is 0. The number of nitrogens with one attached hydrogen (secondary N) is 1. The summed E-state index contributed by atoms with van der Waals surface area (Å²) < 4.78 is 6.97. The maximum atomic E-state index is 12.6. The van der Waals surface area contributed by atoms with Gasteiger partial charge in [-0.1, -0.05) is 38.1 Å². The van der Waals surface area contributed by atoms with Crippen LogP contribution in [0.15, 0.2) is 42.3 Å². The normalized spacial score (nSPS) is 22.5. The molecule has 0 saturated heterocycles. The first-order valence-electron chi connectivity index (χ1n) is 10.1. The van der Waals surface area contributed by atoms with Gasteiger partial charge in [-0.15, -0.1) is 0 Å². The lowest BCUT2D eigenvalue weighted by atomic mass is 9.91. The van der Waals surface area contributed by atoms with Crippen LogP contribution in [0, 0.1) is 17.2 Å². The number of carboxylic acids is 1. The van der Waals surface area contributed by atoms with Gasteiger partial charge in [-0.2, -0.15) is 5.26 Å². The molecular weight excluding hydrogens is 418 g/mol. The first-order chi connectivity index (χ1) is 15.2. The molecule has 0 radical (unpaired) electrons. The zero-order chi connectivity index (χ0) is 23.6. The molecule has 10 heteroatoms. The molecule has 0 fully saturated rings. The second kappa shape index (κ2) is 9.40. The number of aromatic nitrogens is 1. The standard InChI is InChI=1S/C22H25N3O7/c1-11(2)21(29)24-18-14(25-9-12-5-3-4-6-13(12)15(25)8-23)7-17(22(30)31)32-20(18)19(28)16(27)10-26/h3-7,9,11,14,16,18-20,26-28H,10H2,1-2H3,(H,24,29)(H,30,31)/t14-,16+,18+,19+,20+/m0/s1. The summed E-state index contributed by atoms with van der Waals surface area (Å²) in [6, 6.07) is 7.20. The number of benzene rings is 1. The number of nitrogens with zero attached hydrogens (tertiary/aromatic N) is 2. The number of fused-ring (bicyclic) bond motifs is 1. The van der Waals surface area contributed by atoms with Gasteiger partial charge in [0.25, 0.3) is 0 Å². The molecule has 0 spiro atoms. The Bertz CT molecular complexity index is 1080. The Kier molecular flexibility index (Phi) is 6.84. The molecule has 1 aromatic carbocycles. The maximum absolute atomic E-state index is 12.6. The molecular formula is C22H25N3O7. The lowest BCUT2D eigenvalue weighted by Gasteiger charge is -2.41. The van der Waals surface area contributed by atoms with E-state index in [2.05, 4.69) is 11.4 Å². The van der Waals surface area contributed by atoms with Crippen LogP contribution in [0.4, 0.5) is 0 Å². The first-order valence-corrected chi connectivity index (χ1v) is 10.1. The minimum absolute atomic E-state index is 0.230. The molecule has 2 heterocycles. The predicted octanol–water partition coefficient (Wildman–Crippen LogP) is 0.276. The monoisotopic (exact) mass is 443 g/mol. The molecule has 1 amide bonds. The van der Waals surface area contributed by atoms with Crippen LogP contribution in [0.5, 0.6) is 0 Å². The number of aliphatic hydroxyl groups excluding tert-OH is 3. The molecule has 1 aromatic heterocycles. The molecule has 1 aliphatic rings. The Balaban J connectivity index is 2.21. The molecule has 32 heavy (non-hydrogen) atoms. The number of ether oxygens (including phenoxy) is 1. The van der Waals surface area contributed by atoms with E-state index < -0.39 is 60.6 Å². The van der Waals surface area contributed by atoms with Crippen molar-refractivity contribution in [3.63, 3.8) is 0 Å². The zero-order valence-corrected chi connectivity index (χ0v) is 17.5. The third-order valence-corrected chi connectivity index (χ3v) is 5.45. The number of nitriles is 1. The first kappa shape index (κ1) is 23.3. The molecule has 1 aliphatic heterocycles. The van der Waals surface area contributed by atoms with Gasteiger partial charge < -0.3 is 35.0 Å². The summed E-state index contributed by atoms with van der Waals surface area (Å²) in [6.45, 7) is 2.51. The van der Waals surface area contributed by atoms with Crippen molar-refractivity contribution in [3.05, 3.63) is 48.0 Å². The van der Waals surface area contributed by atoms with Crippen molar-refractivity contribution in [3.8, 4) is 6.07 Å². The average Bonchev–Trinajstić information content (AvgIpc) is 3.16. The van der Waals surface area contributed by atoms with E-state index in [0.717, 1.165) is 5.39 Å². The minimum Gasteiger partial charge on any atom is -0.478 e. The minimum atomic E-state index is -1.72. The van der Waals surface area contributed by atoms with Crippen molar-refractivity contribution >= 4 is 22.6 Å². The number of carboxylic acid groups (broad SMARTS) is 1. The maximum Gasteiger partial charge on any atom is 0.370 e. The highest BCUT2D eigenvalue weighted by molar-refractivity contribution is 5.88. The summed E-state index contributed by atoms with van der Waals surface area (Å²) in [4.78, 5) is 24.3. The third kappa shape index (κ3) is 4.31. The number of carbonyl (C=O) groups is 2. The van der Waals surface area contributed by atoms with Gasteiger partial charge >= 0.3 is 5.97 Å². The second-order valence-corrected chi connectivity index (χ2v) is 7.92. The Morgan fingerprint density at radius 3 is 2.56 bits per heavy atom. The SMILES string of the molecule is CC(C)C(=O)N[C@H]1[C@H]([C@H](O)[C@H](O)CO)OC(C(=O)O)=C[C@@H]1n1cc2ccccc2c1C#N. The van der Waals surface area contributed by atoms with Crippen molar-refractivity contribution < 1.29 is 34.8 Å². The number of rotatable bonds is 7. The zero-order valence-electron chi connectivity index (χ0n) is 17.5. The van der Waals surface area contributed by atoms with Gasteiger partial charge in [-0.05, 0) is 6.08 Å². The predicted molar refractivity (Wildman–Crippen MR) is 112 cm³/mol. The highest BCUT2D eigenvalue weighted by atomic mass is 16.5. The number of carbonyl (C=O) groups excluding carboxylic acids is 1. The van der Waals surface area contributed by atoms with Crippen molar-refractivity contribution in [2.75, 3.05) is 6.61 Å². The number of aliphatic carboxylic acids is 1. The Morgan fingerprint density at radius 2 is 1.97 bits per heavy atom. The summed E-state index contributed by atoms with van der Waals surface area (Å²) in [5.41, 5.74) is 0.230. The molecule has 0 aliphatic carbocycles. The number of hydrogen-bond donors (Lipinski definition) is 5. The van der Waals surface area contributed by atoms with E-state index in [1.807, 2.05) is 0 Å². The van der Waals surface area contributed by atoms with E-state index in [4.69, 9.17) is 4.74 Å². The van der Waals surface area contributed by atoms with Gasteiger partial charge in [-0.3, -0.25) is 4.79 Å². The Labute approximate surface area is 184 Å². The van der Waals surface area contributed by atoms with Gasteiger partial charge in [0.2, 0.25) is 11.7 Å². The molecule has 3 rings (SSSR count). The topological polar surface area (TPSA) is 165 Å². The van der Waals surface area contributed by atoms with Crippen LogP contribution in [0.25, 0.3) is 10.8 Å². The van der Waals surface area contributed by atoms with Crippen LogP contribution < -0.4 is 5.32 Å². The van der Waals surface area contributed by atoms with Crippen LogP contribution in [0.2, 0.25) is 0 Å². The molecule has 5 N–H and O–H groups in total. The highest BCUT2D eigenvalue weighted by Gasteiger charge is 2.45. The third-order valence-electron chi connectivity index (χ3n) is 5.45. The lowest BCUT2D eigenvalue weighted by molar-refractivity contribution is -0.147. The molecule has 10 nitrogen and oxygen atoms in total.